The van der Waals surface area contributed by atoms with Crippen LogP contribution in [0.25, 0.3) is 0 Å². The molecule has 1 aromatic carbocycles. The van der Waals surface area contributed by atoms with Crippen LogP contribution in [0.2, 0.25) is 5.02 Å². The zero-order valence-electron chi connectivity index (χ0n) is 12.2. The highest BCUT2D eigenvalue weighted by Crippen LogP contribution is 2.22. The second-order valence-electron chi connectivity index (χ2n) is 5.03. The lowest BCUT2D eigenvalue weighted by molar-refractivity contribution is 0.485. The number of aryl methyl sites for hydroxylation is 2. The normalized spacial score (nSPS) is 12.6. The molecule has 3 N–H and O–H groups in total. The van der Waals surface area contributed by atoms with Gasteiger partial charge < -0.3 is 0 Å². The highest BCUT2D eigenvalue weighted by molar-refractivity contribution is 6.31. The van der Waals surface area contributed by atoms with Crippen LogP contribution in [0, 0.1) is 12.7 Å². The summed E-state index contributed by atoms with van der Waals surface area (Å²) in [6.07, 6.45) is 1.09. The summed E-state index contributed by atoms with van der Waals surface area (Å²) in [4.78, 5) is 0. The van der Waals surface area contributed by atoms with E-state index in [2.05, 4.69) is 10.5 Å². The first-order chi connectivity index (χ1) is 10.1. The summed E-state index contributed by atoms with van der Waals surface area (Å²) < 4.78 is 15.6. The molecule has 1 atom stereocenters. The van der Waals surface area contributed by atoms with Crippen molar-refractivity contribution in [3.63, 3.8) is 0 Å². The molecule has 0 saturated heterocycles. The summed E-state index contributed by atoms with van der Waals surface area (Å²) in [7, 11) is 0. The number of halogens is 2. The Kier molecular flexibility index (Phi) is 5.33. The van der Waals surface area contributed by atoms with Crippen molar-refractivity contribution in [2.45, 2.75) is 39.3 Å². The third kappa shape index (κ3) is 3.61. The zero-order valence-corrected chi connectivity index (χ0v) is 13.0. The monoisotopic (exact) mass is 310 g/mol. The fraction of sp³-hybridized carbons (Fsp3) is 0.400. The van der Waals surface area contributed by atoms with Gasteiger partial charge >= 0.3 is 0 Å². The second-order valence-corrected chi connectivity index (χ2v) is 5.40. The molecule has 114 valence electrons. The van der Waals surface area contributed by atoms with Gasteiger partial charge in [0.25, 0.3) is 0 Å². The number of nitrogens with one attached hydrogen (secondary N) is 1. The van der Waals surface area contributed by atoms with Crippen molar-refractivity contribution >= 4 is 11.6 Å². The van der Waals surface area contributed by atoms with Gasteiger partial charge in [-0.15, -0.1) is 0 Å². The van der Waals surface area contributed by atoms with E-state index in [1.54, 1.807) is 12.1 Å². The Morgan fingerprint density at radius 2 is 2.10 bits per heavy atom. The molecule has 0 amide bonds. The predicted octanol–water partition coefficient (Wildman–Crippen LogP) is 2.62. The molecule has 0 fully saturated rings. The average molecular weight is 311 g/mol. The minimum atomic E-state index is -0.218. The molecule has 21 heavy (non-hydrogen) atoms. The van der Waals surface area contributed by atoms with Crippen LogP contribution in [0.15, 0.2) is 24.3 Å². The van der Waals surface area contributed by atoms with Gasteiger partial charge in [0.05, 0.1) is 16.4 Å². The van der Waals surface area contributed by atoms with E-state index in [1.165, 1.54) is 6.07 Å². The number of nitrogens with two attached hydrogens (primary N) is 1. The molecule has 1 aromatic heterocycles. The number of aromatic nitrogens is 2. The molecule has 0 aliphatic heterocycles. The minimum absolute atomic E-state index is 0.110. The fourth-order valence-electron chi connectivity index (χ4n) is 2.42. The third-order valence-electron chi connectivity index (χ3n) is 3.55. The molecule has 2 rings (SSSR count). The SMILES string of the molecule is CCn1nc(C)c(Cl)c1CC(Cc1ccccc1F)NN. The maximum Gasteiger partial charge on any atom is 0.126 e. The number of hydrogen-bond acceptors (Lipinski definition) is 3. The summed E-state index contributed by atoms with van der Waals surface area (Å²) in [6, 6.07) is 6.61. The average Bonchev–Trinajstić information content (AvgIpc) is 2.76. The van der Waals surface area contributed by atoms with Crippen LogP contribution in [0.5, 0.6) is 0 Å². The first-order valence-electron chi connectivity index (χ1n) is 6.98. The first kappa shape index (κ1) is 15.9. The molecule has 0 spiro atoms. The minimum Gasteiger partial charge on any atom is -0.271 e. The number of hydrogen-bond donors (Lipinski definition) is 2. The highest BCUT2D eigenvalue weighted by atomic mass is 35.5. The molecule has 6 heteroatoms. The largest absolute Gasteiger partial charge is 0.271 e. The lowest BCUT2D eigenvalue weighted by atomic mass is 10.0. The van der Waals surface area contributed by atoms with Crippen molar-refractivity contribution in [2.24, 2.45) is 5.84 Å². The van der Waals surface area contributed by atoms with Crippen molar-refractivity contribution in [3.05, 3.63) is 52.1 Å². The number of hydrazine groups is 1. The van der Waals surface area contributed by atoms with Crippen molar-refractivity contribution in [1.29, 1.82) is 0 Å². The van der Waals surface area contributed by atoms with Gasteiger partial charge in [-0.1, -0.05) is 29.8 Å². The van der Waals surface area contributed by atoms with Crippen LogP contribution in [0.4, 0.5) is 4.39 Å². The molecule has 2 aromatic rings. The lowest BCUT2D eigenvalue weighted by Gasteiger charge is -2.17. The van der Waals surface area contributed by atoms with E-state index >= 15 is 0 Å². The van der Waals surface area contributed by atoms with Crippen LogP contribution in [-0.2, 0) is 19.4 Å². The van der Waals surface area contributed by atoms with E-state index in [9.17, 15) is 4.39 Å². The molecule has 4 nitrogen and oxygen atoms in total. The van der Waals surface area contributed by atoms with Crippen LogP contribution >= 0.6 is 11.6 Å². The quantitative estimate of drug-likeness (QED) is 0.637. The van der Waals surface area contributed by atoms with E-state index in [1.807, 2.05) is 24.6 Å². The Morgan fingerprint density at radius 1 is 1.38 bits per heavy atom. The molecular weight excluding hydrogens is 291 g/mol. The van der Waals surface area contributed by atoms with Crippen LogP contribution in [0.3, 0.4) is 0 Å². The standard InChI is InChI=1S/C15H20ClFN4/c1-3-21-14(15(16)10(2)20-21)9-12(19-18)8-11-6-4-5-7-13(11)17/h4-7,12,19H,3,8-9,18H2,1-2H3. The maximum absolute atomic E-state index is 13.7. The first-order valence-corrected chi connectivity index (χ1v) is 7.35. The zero-order chi connectivity index (χ0) is 15.4. The Morgan fingerprint density at radius 3 is 2.71 bits per heavy atom. The smallest absolute Gasteiger partial charge is 0.126 e. The summed E-state index contributed by atoms with van der Waals surface area (Å²) in [5.74, 6) is 5.40. The molecule has 0 saturated carbocycles. The third-order valence-corrected chi connectivity index (χ3v) is 4.04. The van der Waals surface area contributed by atoms with E-state index < -0.39 is 0 Å². The molecular formula is C15H20ClFN4. The van der Waals surface area contributed by atoms with Gasteiger partial charge in [-0.25, -0.2) is 4.39 Å². The van der Waals surface area contributed by atoms with E-state index in [4.69, 9.17) is 17.4 Å². The van der Waals surface area contributed by atoms with Crippen LogP contribution < -0.4 is 11.3 Å². The molecule has 1 heterocycles. The molecule has 0 bridgehead atoms. The predicted molar refractivity (Wildman–Crippen MR) is 82.6 cm³/mol. The number of nitrogens with zero attached hydrogens (tertiary/aromatic N) is 2. The summed E-state index contributed by atoms with van der Waals surface area (Å²) in [5, 5.41) is 5.04. The van der Waals surface area contributed by atoms with Crippen molar-refractivity contribution in [1.82, 2.24) is 15.2 Å². The van der Waals surface area contributed by atoms with E-state index in [0.717, 1.165) is 17.9 Å². The summed E-state index contributed by atoms with van der Waals surface area (Å²) in [5.41, 5.74) is 5.11. The second kappa shape index (κ2) is 7.02. The lowest BCUT2D eigenvalue weighted by Crippen LogP contribution is -2.39. The Hall–Kier alpha value is -1.43. The number of benzene rings is 1. The van der Waals surface area contributed by atoms with Crippen molar-refractivity contribution in [2.75, 3.05) is 0 Å². The molecule has 0 aliphatic carbocycles. The van der Waals surface area contributed by atoms with Gasteiger partial charge in [-0.2, -0.15) is 5.10 Å². The molecule has 0 aliphatic rings. The summed E-state index contributed by atoms with van der Waals surface area (Å²) in [6.45, 7) is 4.62. The van der Waals surface area contributed by atoms with Crippen molar-refractivity contribution in [3.8, 4) is 0 Å². The molecule has 1 unspecified atom stereocenters. The van der Waals surface area contributed by atoms with Crippen LogP contribution in [-0.4, -0.2) is 15.8 Å². The topological polar surface area (TPSA) is 55.9 Å². The summed E-state index contributed by atoms with van der Waals surface area (Å²) >= 11 is 6.30. The van der Waals surface area contributed by atoms with Crippen molar-refractivity contribution < 1.29 is 4.39 Å². The highest BCUT2D eigenvalue weighted by Gasteiger charge is 2.18. The van der Waals surface area contributed by atoms with Gasteiger partial charge in [0, 0.05) is 19.0 Å². The van der Waals surface area contributed by atoms with E-state index in [-0.39, 0.29) is 11.9 Å². The van der Waals surface area contributed by atoms with Gasteiger partial charge in [0.2, 0.25) is 0 Å². The van der Waals surface area contributed by atoms with Gasteiger partial charge in [0.1, 0.15) is 5.82 Å². The van der Waals surface area contributed by atoms with Gasteiger partial charge in [-0.05, 0) is 31.9 Å². The Bertz CT molecular complexity index is 612. The Labute approximate surface area is 129 Å². The Balaban J connectivity index is 2.18. The fourth-order valence-corrected chi connectivity index (χ4v) is 2.63. The maximum atomic E-state index is 13.7. The van der Waals surface area contributed by atoms with E-state index in [0.29, 0.717) is 23.4 Å². The van der Waals surface area contributed by atoms with Gasteiger partial charge in [-0.3, -0.25) is 16.0 Å². The number of rotatable bonds is 6. The molecule has 0 radical (unpaired) electrons. The van der Waals surface area contributed by atoms with Gasteiger partial charge in [0.15, 0.2) is 0 Å². The van der Waals surface area contributed by atoms with Crippen LogP contribution in [0.1, 0.15) is 23.9 Å².